The van der Waals surface area contributed by atoms with Crippen molar-refractivity contribution in [1.82, 2.24) is 0 Å². The van der Waals surface area contributed by atoms with Crippen molar-refractivity contribution >= 4 is 20.0 Å². The molecule has 0 heterocycles. The fourth-order valence-electron chi connectivity index (χ4n) is 1.60. The zero-order chi connectivity index (χ0) is 11.6. The van der Waals surface area contributed by atoms with E-state index in [0.717, 1.165) is 12.8 Å². The van der Waals surface area contributed by atoms with Gasteiger partial charge in [-0.2, -0.15) is 0 Å². The van der Waals surface area contributed by atoms with Gasteiger partial charge in [0.1, 0.15) is 8.77 Å². The lowest BCUT2D eigenvalue weighted by atomic mass is 10.1. The molecule has 1 N–H and O–H groups in total. The lowest BCUT2D eigenvalue weighted by Crippen LogP contribution is -2.01. The molecule has 0 rings (SSSR count). The summed E-state index contributed by atoms with van der Waals surface area (Å²) in [5.74, 6) is 0.290. The van der Waals surface area contributed by atoms with Crippen molar-refractivity contribution in [3.05, 3.63) is 0 Å². The molecule has 0 aromatic heterocycles. The second-order valence-electron chi connectivity index (χ2n) is 4.11. The Hall–Kier alpha value is 0.330. The molecular weight excluding hydrogens is 228 g/mol. The van der Waals surface area contributed by atoms with Crippen molar-refractivity contribution in [3.63, 3.8) is 0 Å². The molecule has 0 aliphatic heterocycles. The van der Waals surface area contributed by atoms with Gasteiger partial charge in [-0.05, 0) is 6.42 Å². The Morgan fingerprint density at radius 1 is 0.933 bits per heavy atom. The summed E-state index contributed by atoms with van der Waals surface area (Å²) in [5, 5.41) is 0. The molecule has 92 valence electrons. The van der Waals surface area contributed by atoms with Crippen LogP contribution in [-0.2, 0) is 20.0 Å². The number of hydrogen-bond acceptors (Lipinski definition) is 2. The highest BCUT2D eigenvalue weighted by Gasteiger charge is 1.99. The van der Waals surface area contributed by atoms with Gasteiger partial charge in [0.2, 0.25) is 0 Å². The van der Waals surface area contributed by atoms with E-state index in [2.05, 4.69) is 18.1 Å². The fraction of sp³-hybridized carbons (Fsp3) is 1.00. The molecule has 0 fully saturated rings. The third kappa shape index (κ3) is 14.3. The zero-order valence-electron chi connectivity index (χ0n) is 9.74. The van der Waals surface area contributed by atoms with E-state index in [0.29, 0.717) is 0 Å². The SMILES string of the molecule is CCCCCCCCCCCS(=O)(O)=S. The van der Waals surface area contributed by atoms with Crippen LogP contribution in [0.25, 0.3) is 0 Å². The van der Waals surface area contributed by atoms with Gasteiger partial charge >= 0.3 is 0 Å². The minimum atomic E-state index is -2.90. The highest BCUT2D eigenvalue weighted by Crippen LogP contribution is 2.09. The third-order valence-corrected chi connectivity index (χ3v) is 3.81. The summed E-state index contributed by atoms with van der Waals surface area (Å²) < 4.78 is 19.6. The van der Waals surface area contributed by atoms with E-state index >= 15 is 0 Å². The van der Waals surface area contributed by atoms with Gasteiger partial charge in [0, 0.05) is 16.9 Å². The number of rotatable bonds is 10. The Kier molecular flexibility index (Phi) is 9.76. The van der Waals surface area contributed by atoms with E-state index < -0.39 is 8.77 Å². The first kappa shape index (κ1) is 15.3. The van der Waals surface area contributed by atoms with E-state index in [1.54, 1.807) is 0 Å². The first-order valence-corrected chi connectivity index (χ1v) is 8.62. The van der Waals surface area contributed by atoms with Crippen LogP contribution in [0.2, 0.25) is 0 Å². The molecule has 0 aromatic rings. The van der Waals surface area contributed by atoms with Crippen LogP contribution < -0.4 is 0 Å². The lowest BCUT2D eigenvalue weighted by Gasteiger charge is -2.01. The minimum Gasteiger partial charge on any atom is -0.306 e. The lowest BCUT2D eigenvalue weighted by molar-refractivity contribution is 0.548. The molecular formula is C11H24O2S2. The van der Waals surface area contributed by atoms with Crippen molar-refractivity contribution < 1.29 is 8.76 Å². The molecule has 0 aromatic carbocycles. The van der Waals surface area contributed by atoms with Gasteiger partial charge in [-0.15, -0.1) is 0 Å². The van der Waals surface area contributed by atoms with Crippen LogP contribution in [-0.4, -0.2) is 14.5 Å². The van der Waals surface area contributed by atoms with E-state index in [1.807, 2.05) is 0 Å². The smallest absolute Gasteiger partial charge is 0.141 e. The largest absolute Gasteiger partial charge is 0.306 e. The molecule has 1 atom stereocenters. The standard InChI is InChI=1S/C11H24O2S2/c1-2-3-4-5-6-7-8-9-10-11-15(12,13)14/h2-11H2,1H3,(H,12,13,14). The predicted molar refractivity (Wildman–Crippen MR) is 70.2 cm³/mol. The zero-order valence-corrected chi connectivity index (χ0v) is 11.4. The van der Waals surface area contributed by atoms with Crippen LogP contribution in [0.15, 0.2) is 0 Å². The summed E-state index contributed by atoms with van der Waals surface area (Å²) in [5.41, 5.74) is 0. The van der Waals surface area contributed by atoms with E-state index in [9.17, 15) is 4.21 Å². The summed E-state index contributed by atoms with van der Waals surface area (Å²) in [6.07, 6.45) is 10.9. The summed E-state index contributed by atoms with van der Waals surface area (Å²) in [6.45, 7) is 2.22. The maximum atomic E-state index is 10.8. The minimum absolute atomic E-state index is 0.290. The van der Waals surface area contributed by atoms with Crippen LogP contribution in [0.1, 0.15) is 64.7 Å². The molecule has 0 radical (unpaired) electrons. The Labute approximate surface area is 99.3 Å². The third-order valence-electron chi connectivity index (χ3n) is 2.51. The van der Waals surface area contributed by atoms with Crippen LogP contribution >= 0.6 is 0 Å². The van der Waals surface area contributed by atoms with Crippen LogP contribution in [0.3, 0.4) is 0 Å². The van der Waals surface area contributed by atoms with E-state index in [4.69, 9.17) is 4.55 Å². The molecule has 0 aliphatic carbocycles. The fourth-order valence-corrected chi connectivity index (χ4v) is 2.52. The summed E-state index contributed by atoms with van der Waals surface area (Å²) in [6, 6.07) is 0. The average molecular weight is 252 g/mol. The van der Waals surface area contributed by atoms with Gasteiger partial charge in [-0.3, -0.25) is 0 Å². The van der Waals surface area contributed by atoms with Gasteiger partial charge in [0.15, 0.2) is 0 Å². The topological polar surface area (TPSA) is 37.3 Å². The number of unbranched alkanes of at least 4 members (excludes halogenated alkanes) is 8. The van der Waals surface area contributed by atoms with Crippen molar-refractivity contribution in [1.29, 1.82) is 0 Å². The molecule has 0 saturated carbocycles. The summed E-state index contributed by atoms with van der Waals surface area (Å²) in [7, 11) is -2.90. The van der Waals surface area contributed by atoms with Gasteiger partial charge in [0.05, 0.1) is 0 Å². The quantitative estimate of drug-likeness (QED) is 0.602. The summed E-state index contributed by atoms with van der Waals surface area (Å²) in [4.78, 5) is 0. The van der Waals surface area contributed by atoms with Crippen LogP contribution in [0, 0.1) is 0 Å². The summed E-state index contributed by atoms with van der Waals surface area (Å²) >= 11 is 4.42. The van der Waals surface area contributed by atoms with Gasteiger partial charge in [-0.1, -0.05) is 58.3 Å². The first-order valence-electron chi connectivity index (χ1n) is 6.01. The average Bonchev–Trinajstić information content (AvgIpc) is 2.14. The van der Waals surface area contributed by atoms with Crippen LogP contribution in [0.4, 0.5) is 0 Å². The van der Waals surface area contributed by atoms with Crippen molar-refractivity contribution in [2.75, 3.05) is 5.75 Å². The number of hydrogen-bond donors (Lipinski definition) is 1. The highest BCUT2D eigenvalue weighted by atomic mass is 32.8. The molecule has 0 saturated heterocycles. The van der Waals surface area contributed by atoms with Crippen LogP contribution in [0.5, 0.6) is 0 Å². The molecule has 0 aliphatic rings. The maximum Gasteiger partial charge on any atom is 0.141 e. The van der Waals surface area contributed by atoms with Gasteiger partial charge in [-0.25, -0.2) is 4.21 Å². The molecule has 0 spiro atoms. The monoisotopic (exact) mass is 252 g/mol. The Balaban J connectivity index is 3.06. The second-order valence-corrected chi connectivity index (χ2v) is 7.25. The second kappa shape index (κ2) is 9.55. The molecule has 4 heteroatoms. The molecule has 0 amide bonds. The Bertz CT molecular complexity index is 223. The molecule has 2 nitrogen and oxygen atoms in total. The Morgan fingerprint density at radius 2 is 1.33 bits per heavy atom. The van der Waals surface area contributed by atoms with Crippen molar-refractivity contribution in [2.45, 2.75) is 64.7 Å². The highest BCUT2D eigenvalue weighted by molar-refractivity contribution is 8.29. The van der Waals surface area contributed by atoms with Gasteiger partial charge < -0.3 is 4.55 Å². The van der Waals surface area contributed by atoms with Crippen molar-refractivity contribution in [3.8, 4) is 0 Å². The molecule has 1 unspecified atom stereocenters. The molecule has 0 bridgehead atoms. The maximum absolute atomic E-state index is 10.8. The first-order chi connectivity index (χ1) is 7.06. The van der Waals surface area contributed by atoms with Crippen molar-refractivity contribution in [2.24, 2.45) is 0 Å². The molecule has 15 heavy (non-hydrogen) atoms. The normalized spacial score (nSPS) is 15.1. The van der Waals surface area contributed by atoms with E-state index in [1.165, 1.54) is 44.9 Å². The van der Waals surface area contributed by atoms with E-state index in [-0.39, 0.29) is 5.75 Å². The van der Waals surface area contributed by atoms with Gasteiger partial charge in [0.25, 0.3) is 0 Å². The Morgan fingerprint density at radius 3 is 1.73 bits per heavy atom. The predicted octanol–water partition coefficient (Wildman–Crippen LogP) is 3.74.